The Morgan fingerprint density at radius 1 is 1.26 bits per heavy atom. The maximum absolute atomic E-state index is 15.2. The van der Waals surface area contributed by atoms with Crippen LogP contribution in [0.3, 0.4) is 0 Å². The minimum absolute atomic E-state index is 0.109. The Morgan fingerprint density at radius 3 is 2.71 bits per heavy atom. The predicted molar refractivity (Wildman–Crippen MR) is 126 cm³/mol. The van der Waals surface area contributed by atoms with Crippen molar-refractivity contribution in [2.45, 2.75) is 45.3 Å². The average Bonchev–Trinajstić information content (AvgIpc) is 2.71. The smallest absolute Gasteiger partial charge is 0.298 e. The topological polar surface area (TPSA) is 59.5 Å². The van der Waals surface area contributed by atoms with Crippen LogP contribution < -0.4 is 15.0 Å². The van der Waals surface area contributed by atoms with E-state index in [0.717, 1.165) is 30.0 Å². The Labute approximate surface area is 197 Å². The Morgan fingerprint density at radius 2 is 2.00 bits per heavy atom. The van der Waals surface area contributed by atoms with Crippen molar-refractivity contribution < 1.29 is 22.6 Å². The number of aromatic nitrogens is 2. The van der Waals surface area contributed by atoms with Crippen molar-refractivity contribution in [1.82, 2.24) is 9.97 Å². The van der Waals surface area contributed by atoms with Gasteiger partial charge in [0.15, 0.2) is 0 Å². The standard InChI is InChI=1S/C25H29F3N4O2/c1-14(16-8-7-9-18(22(16)26)25(27,28)13-33-6)29-23-17-10-20-21(11-19(17)30-15(2)31-23)34-24(3,4)12-32(20)5/h7-11,14H,12-13H2,1-6H3,(H,29,30,31). The van der Waals surface area contributed by atoms with Crippen LogP contribution in [0, 0.1) is 12.7 Å². The number of ether oxygens (including phenoxy) is 2. The molecule has 182 valence electrons. The maximum atomic E-state index is 15.2. The normalized spacial score (nSPS) is 16.2. The lowest BCUT2D eigenvalue weighted by molar-refractivity contribution is -0.0722. The van der Waals surface area contributed by atoms with Gasteiger partial charge in [-0.1, -0.05) is 12.1 Å². The molecule has 1 aliphatic rings. The molecule has 2 heterocycles. The molecule has 0 bridgehead atoms. The zero-order valence-electron chi connectivity index (χ0n) is 20.2. The van der Waals surface area contributed by atoms with Gasteiger partial charge in [-0.2, -0.15) is 8.78 Å². The third-order valence-corrected chi connectivity index (χ3v) is 5.87. The number of nitrogens with zero attached hydrogens (tertiary/aromatic N) is 3. The van der Waals surface area contributed by atoms with E-state index in [-0.39, 0.29) is 11.2 Å². The summed E-state index contributed by atoms with van der Waals surface area (Å²) in [7, 11) is 3.14. The fourth-order valence-corrected chi connectivity index (χ4v) is 4.45. The van der Waals surface area contributed by atoms with Gasteiger partial charge >= 0.3 is 0 Å². The molecular weight excluding hydrogens is 445 g/mol. The molecule has 1 aromatic heterocycles. The van der Waals surface area contributed by atoms with E-state index in [1.807, 2.05) is 33.0 Å². The van der Waals surface area contributed by atoms with Crippen LogP contribution in [0.5, 0.6) is 5.75 Å². The molecule has 6 nitrogen and oxygen atoms in total. The van der Waals surface area contributed by atoms with Gasteiger partial charge in [-0.25, -0.2) is 14.4 Å². The van der Waals surface area contributed by atoms with E-state index in [4.69, 9.17) is 4.74 Å². The number of halogens is 3. The first-order valence-corrected chi connectivity index (χ1v) is 11.1. The summed E-state index contributed by atoms with van der Waals surface area (Å²) in [5.41, 5.74) is 0.633. The summed E-state index contributed by atoms with van der Waals surface area (Å²) in [4.78, 5) is 11.2. The number of methoxy groups -OCH3 is 1. The van der Waals surface area contributed by atoms with Gasteiger partial charge in [0.2, 0.25) is 0 Å². The van der Waals surface area contributed by atoms with Gasteiger partial charge in [0.25, 0.3) is 5.92 Å². The van der Waals surface area contributed by atoms with Gasteiger partial charge in [0, 0.05) is 31.2 Å². The number of nitrogens with one attached hydrogen (secondary N) is 1. The summed E-state index contributed by atoms with van der Waals surface area (Å²) in [6.45, 7) is 7.31. The van der Waals surface area contributed by atoms with Crippen molar-refractivity contribution in [1.29, 1.82) is 0 Å². The lowest BCUT2D eigenvalue weighted by atomic mass is 10.00. The highest BCUT2D eigenvalue weighted by Crippen LogP contribution is 2.41. The summed E-state index contributed by atoms with van der Waals surface area (Å²) in [6, 6.07) is 7.16. The van der Waals surface area contributed by atoms with Crippen LogP contribution in [-0.2, 0) is 10.7 Å². The molecule has 3 aromatic rings. The second kappa shape index (κ2) is 8.61. The van der Waals surface area contributed by atoms with E-state index in [9.17, 15) is 8.78 Å². The quantitative estimate of drug-likeness (QED) is 0.502. The lowest BCUT2D eigenvalue weighted by Crippen LogP contribution is -2.45. The Hall–Kier alpha value is -3.07. The third kappa shape index (κ3) is 4.49. The van der Waals surface area contributed by atoms with Crippen LogP contribution in [0.2, 0.25) is 0 Å². The number of hydrogen-bond acceptors (Lipinski definition) is 6. The van der Waals surface area contributed by atoms with Gasteiger partial charge in [-0.05, 0) is 39.8 Å². The van der Waals surface area contributed by atoms with Gasteiger partial charge in [-0.15, -0.1) is 0 Å². The van der Waals surface area contributed by atoms with Crippen LogP contribution in [0.1, 0.15) is 43.8 Å². The molecule has 0 saturated carbocycles. The van der Waals surface area contributed by atoms with Crippen molar-refractivity contribution in [2.75, 3.05) is 37.5 Å². The molecule has 0 fully saturated rings. The average molecular weight is 475 g/mol. The molecule has 0 aliphatic carbocycles. The summed E-state index contributed by atoms with van der Waals surface area (Å²) in [6.07, 6.45) is 0. The highest BCUT2D eigenvalue weighted by Gasteiger charge is 2.36. The molecular formula is C25H29F3N4O2. The maximum Gasteiger partial charge on any atom is 0.298 e. The number of benzene rings is 2. The van der Waals surface area contributed by atoms with Crippen molar-refractivity contribution in [3.05, 3.63) is 53.1 Å². The molecule has 0 amide bonds. The molecule has 34 heavy (non-hydrogen) atoms. The highest BCUT2D eigenvalue weighted by atomic mass is 19.3. The van der Waals surface area contributed by atoms with Crippen molar-refractivity contribution in [3.63, 3.8) is 0 Å². The van der Waals surface area contributed by atoms with Crippen molar-refractivity contribution >= 4 is 22.4 Å². The van der Waals surface area contributed by atoms with Crippen LogP contribution in [-0.4, -0.2) is 42.9 Å². The minimum Gasteiger partial charge on any atom is -0.484 e. The number of anilines is 2. The molecule has 9 heteroatoms. The Bertz CT molecular complexity index is 1230. The first-order chi connectivity index (χ1) is 15.9. The molecule has 0 radical (unpaired) electrons. The van der Waals surface area contributed by atoms with Crippen LogP contribution in [0.25, 0.3) is 10.9 Å². The van der Waals surface area contributed by atoms with Crippen molar-refractivity contribution in [2.24, 2.45) is 0 Å². The number of rotatable bonds is 6. The van der Waals surface area contributed by atoms with Crippen LogP contribution >= 0.6 is 0 Å². The predicted octanol–water partition coefficient (Wildman–Crippen LogP) is 5.60. The van der Waals surface area contributed by atoms with E-state index in [1.165, 1.54) is 12.1 Å². The highest BCUT2D eigenvalue weighted by molar-refractivity contribution is 5.94. The molecule has 4 rings (SSSR count). The first-order valence-electron chi connectivity index (χ1n) is 11.1. The van der Waals surface area contributed by atoms with Crippen molar-refractivity contribution in [3.8, 4) is 5.75 Å². The fourth-order valence-electron chi connectivity index (χ4n) is 4.45. The number of hydrogen-bond donors (Lipinski definition) is 1. The summed E-state index contributed by atoms with van der Waals surface area (Å²) in [5, 5.41) is 3.93. The third-order valence-electron chi connectivity index (χ3n) is 5.87. The Balaban J connectivity index is 1.74. The fraction of sp³-hybridized carbons (Fsp3) is 0.440. The largest absolute Gasteiger partial charge is 0.484 e. The number of aryl methyl sites for hydroxylation is 1. The van der Waals surface area contributed by atoms with Gasteiger partial charge < -0.3 is 19.7 Å². The van der Waals surface area contributed by atoms with E-state index < -0.39 is 30.0 Å². The summed E-state index contributed by atoms with van der Waals surface area (Å²) >= 11 is 0. The summed E-state index contributed by atoms with van der Waals surface area (Å²) in [5.74, 6) is -2.67. The van der Waals surface area contributed by atoms with E-state index >= 15 is 4.39 Å². The number of alkyl halides is 2. The van der Waals surface area contributed by atoms with Gasteiger partial charge in [0.05, 0.1) is 29.4 Å². The molecule has 0 saturated heterocycles. The number of likely N-dealkylation sites (N-methyl/N-ethyl adjacent to an activating group) is 1. The zero-order valence-corrected chi connectivity index (χ0v) is 20.2. The molecule has 1 atom stereocenters. The molecule has 1 unspecified atom stereocenters. The van der Waals surface area contributed by atoms with E-state index in [2.05, 4.69) is 24.9 Å². The van der Waals surface area contributed by atoms with Crippen LogP contribution in [0.4, 0.5) is 24.7 Å². The first kappa shape index (κ1) is 24.1. The van der Waals surface area contributed by atoms with E-state index in [1.54, 1.807) is 13.8 Å². The van der Waals surface area contributed by atoms with E-state index in [0.29, 0.717) is 23.7 Å². The molecule has 1 aliphatic heterocycles. The Kier molecular flexibility index (Phi) is 6.10. The van der Waals surface area contributed by atoms with Crippen LogP contribution in [0.15, 0.2) is 30.3 Å². The lowest BCUT2D eigenvalue weighted by Gasteiger charge is -2.39. The second-order valence-electron chi connectivity index (χ2n) is 9.39. The van der Waals surface area contributed by atoms with Gasteiger partial charge in [-0.3, -0.25) is 0 Å². The zero-order chi connectivity index (χ0) is 24.8. The van der Waals surface area contributed by atoms with Gasteiger partial charge in [0.1, 0.15) is 35.4 Å². The minimum atomic E-state index is -3.44. The molecule has 1 N–H and O–H groups in total. The number of fused-ring (bicyclic) bond motifs is 2. The molecule has 2 aromatic carbocycles. The summed E-state index contributed by atoms with van der Waals surface area (Å²) < 4.78 is 54.6. The SMILES string of the molecule is COCC(F)(F)c1cccc(C(C)Nc2nc(C)nc3cc4c(cc23)N(C)CC(C)(C)O4)c1F. The second-order valence-corrected chi connectivity index (χ2v) is 9.39. The molecule has 0 spiro atoms. The monoisotopic (exact) mass is 474 g/mol.